The van der Waals surface area contributed by atoms with Crippen molar-refractivity contribution in [2.24, 2.45) is 0 Å². The topological polar surface area (TPSA) is 96.7 Å². The van der Waals surface area contributed by atoms with E-state index >= 15 is 0 Å². The molecule has 0 spiro atoms. The molecule has 8 heteroatoms. The molecule has 0 aliphatic carbocycles. The number of nitrogens with zero attached hydrogens (tertiary/aromatic N) is 4. The molecular formula is C23H19N5O2S. The molecule has 0 radical (unpaired) electrons. The average molecular weight is 430 g/mol. The first kappa shape index (κ1) is 20.4. The van der Waals surface area contributed by atoms with Gasteiger partial charge in [0.25, 0.3) is 0 Å². The van der Waals surface area contributed by atoms with Gasteiger partial charge in [-0.2, -0.15) is 5.26 Å². The van der Waals surface area contributed by atoms with E-state index in [9.17, 15) is 4.79 Å². The second-order valence-electron chi connectivity index (χ2n) is 6.81. The normalized spacial score (nSPS) is 10.6. The zero-order valence-electron chi connectivity index (χ0n) is 16.8. The maximum Gasteiger partial charge on any atom is 0.234 e. The van der Waals surface area contributed by atoms with Gasteiger partial charge in [0.15, 0.2) is 11.0 Å². The predicted octanol–water partition coefficient (Wildman–Crippen LogP) is 4.50. The van der Waals surface area contributed by atoms with Crippen LogP contribution in [0.1, 0.15) is 16.9 Å². The maximum atomic E-state index is 12.4. The molecule has 2 heterocycles. The molecule has 7 nitrogen and oxygen atoms in total. The van der Waals surface area contributed by atoms with Crippen LogP contribution in [0.2, 0.25) is 0 Å². The standard InChI is InChI=1S/C23H19N5O2S/c1-16-5-2-3-7-20(16)22-26-27-23(28(22)14-19-6-4-12-30-19)31-15-21(29)25-18-10-8-17(13-24)9-11-18/h2-12H,14-15H2,1H3,(H,25,29). The van der Waals surface area contributed by atoms with Crippen molar-refractivity contribution in [2.75, 3.05) is 11.1 Å². The number of anilines is 1. The number of nitrogens with one attached hydrogen (secondary N) is 1. The van der Waals surface area contributed by atoms with E-state index in [4.69, 9.17) is 9.68 Å². The lowest BCUT2D eigenvalue weighted by atomic mass is 10.1. The van der Waals surface area contributed by atoms with E-state index in [0.29, 0.717) is 23.0 Å². The van der Waals surface area contributed by atoms with Crippen LogP contribution < -0.4 is 5.32 Å². The van der Waals surface area contributed by atoms with Crippen molar-refractivity contribution in [3.63, 3.8) is 0 Å². The van der Waals surface area contributed by atoms with E-state index in [2.05, 4.69) is 21.6 Å². The molecule has 0 bridgehead atoms. The Balaban J connectivity index is 1.52. The number of aromatic nitrogens is 3. The summed E-state index contributed by atoms with van der Waals surface area (Å²) in [5.41, 5.74) is 3.26. The van der Waals surface area contributed by atoms with Gasteiger partial charge in [-0.25, -0.2) is 0 Å². The van der Waals surface area contributed by atoms with Gasteiger partial charge in [-0.05, 0) is 48.9 Å². The predicted molar refractivity (Wildman–Crippen MR) is 119 cm³/mol. The summed E-state index contributed by atoms with van der Waals surface area (Å²) in [6, 6.07) is 20.5. The molecule has 0 saturated heterocycles. The van der Waals surface area contributed by atoms with Crippen LogP contribution in [0.3, 0.4) is 0 Å². The van der Waals surface area contributed by atoms with Crippen molar-refractivity contribution in [2.45, 2.75) is 18.6 Å². The molecule has 0 saturated carbocycles. The fraction of sp³-hybridized carbons (Fsp3) is 0.130. The number of hydrogen-bond donors (Lipinski definition) is 1. The fourth-order valence-corrected chi connectivity index (χ4v) is 3.81. The van der Waals surface area contributed by atoms with E-state index in [1.54, 1.807) is 30.5 Å². The first-order valence-corrected chi connectivity index (χ1v) is 10.6. The zero-order chi connectivity index (χ0) is 21.6. The number of furan rings is 1. The SMILES string of the molecule is Cc1ccccc1-c1nnc(SCC(=O)Nc2ccc(C#N)cc2)n1Cc1ccco1. The number of rotatable bonds is 7. The van der Waals surface area contributed by atoms with E-state index in [1.165, 1.54) is 11.8 Å². The number of benzene rings is 2. The third-order valence-corrected chi connectivity index (χ3v) is 5.59. The van der Waals surface area contributed by atoms with Gasteiger partial charge in [0, 0.05) is 11.3 Å². The van der Waals surface area contributed by atoms with Crippen LogP contribution in [0.15, 0.2) is 76.5 Å². The van der Waals surface area contributed by atoms with Crippen LogP contribution in [0.5, 0.6) is 0 Å². The lowest BCUT2D eigenvalue weighted by Crippen LogP contribution is -2.14. The van der Waals surface area contributed by atoms with Crippen molar-refractivity contribution in [1.82, 2.24) is 14.8 Å². The van der Waals surface area contributed by atoms with Crippen LogP contribution in [-0.4, -0.2) is 26.4 Å². The Bertz CT molecular complexity index is 1220. The number of carbonyl (C=O) groups excluding carboxylic acids is 1. The largest absolute Gasteiger partial charge is 0.467 e. The second-order valence-corrected chi connectivity index (χ2v) is 7.76. The molecule has 0 aliphatic rings. The highest BCUT2D eigenvalue weighted by molar-refractivity contribution is 7.99. The Morgan fingerprint density at radius 2 is 1.94 bits per heavy atom. The number of hydrogen-bond acceptors (Lipinski definition) is 6. The molecular weight excluding hydrogens is 410 g/mol. The quantitative estimate of drug-likeness (QED) is 0.435. The highest BCUT2D eigenvalue weighted by Crippen LogP contribution is 2.27. The molecule has 0 atom stereocenters. The average Bonchev–Trinajstić information content (AvgIpc) is 3.44. The molecule has 0 unspecified atom stereocenters. The van der Waals surface area contributed by atoms with Gasteiger partial charge in [0.05, 0.1) is 30.2 Å². The minimum atomic E-state index is -0.167. The van der Waals surface area contributed by atoms with Crippen LogP contribution >= 0.6 is 11.8 Å². The van der Waals surface area contributed by atoms with E-state index in [0.717, 1.165) is 22.7 Å². The molecule has 4 rings (SSSR count). The first-order valence-electron chi connectivity index (χ1n) is 9.58. The molecule has 154 valence electrons. The van der Waals surface area contributed by atoms with Crippen molar-refractivity contribution in [3.05, 3.63) is 83.8 Å². The summed E-state index contributed by atoms with van der Waals surface area (Å²) in [7, 11) is 0. The summed E-state index contributed by atoms with van der Waals surface area (Å²) in [6.45, 7) is 2.49. The fourth-order valence-electron chi connectivity index (χ4n) is 3.07. The highest BCUT2D eigenvalue weighted by Gasteiger charge is 2.18. The van der Waals surface area contributed by atoms with E-state index < -0.39 is 0 Å². The van der Waals surface area contributed by atoms with Crippen molar-refractivity contribution in [3.8, 4) is 17.5 Å². The van der Waals surface area contributed by atoms with Crippen LogP contribution in [-0.2, 0) is 11.3 Å². The summed E-state index contributed by atoms with van der Waals surface area (Å²) in [4.78, 5) is 12.4. The molecule has 2 aromatic heterocycles. The Hall–Kier alpha value is -3.83. The van der Waals surface area contributed by atoms with Crippen molar-refractivity contribution in [1.29, 1.82) is 5.26 Å². The number of carbonyl (C=O) groups is 1. The minimum Gasteiger partial charge on any atom is -0.467 e. The van der Waals surface area contributed by atoms with Crippen molar-refractivity contribution >= 4 is 23.4 Å². The smallest absolute Gasteiger partial charge is 0.234 e. The van der Waals surface area contributed by atoms with Gasteiger partial charge in [-0.15, -0.1) is 10.2 Å². The lowest BCUT2D eigenvalue weighted by Gasteiger charge is -2.10. The minimum absolute atomic E-state index is 0.167. The van der Waals surface area contributed by atoms with Gasteiger partial charge >= 0.3 is 0 Å². The molecule has 0 aliphatic heterocycles. The zero-order valence-corrected chi connectivity index (χ0v) is 17.6. The van der Waals surface area contributed by atoms with Gasteiger partial charge in [0.1, 0.15) is 5.76 Å². The summed E-state index contributed by atoms with van der Waals surface area (Å²) in [5, 5.41) is 21.1. The summed E-state index contributed by atoms with van der Waals surface area (Å²) in [5.74, 6) is 1.51. The number of aryl methyl sites for hydroxylation is 1. The monoisotopic (exact) mass is 429 g/mol. The second kappa shape index (κ2) is 9.32. The first-order chi connectivity index (χ1) is 15.1. The lowest BCUT2D eigenvalue weighted by molar-refractivity contribution is -0.113. The molecule has 1 amide bonds. The van der Waals surface area contributed by atoms with Gasteiger partial charge in [-0.1, -0.05) is 36.0 Å². The van der Waals surface area contributed by atoms with E-state index in [1.807, 2.05) is 47.9 Å². The third-order valence-electron chi connectivity index (χ3n) is 4.63. The number of amides is 1. The van der Waals surface area contributed by atoms with Gasteiger partial charge in [-0.3, -0.25) is 9.36 Å². The Labute approximate surface area is 183 Å². The molecule has 1 N–H and O–H groups in total. The Kier molecular flexibility index (Phi) is 6.15. The molecule has 2 aromatic carbocycles. The maximum absolute atomic E-state index is 12.4. The summed E-state index contributed by atoms with van der Waals surface area (Å²) in [6.07, 6.45) is 1.63. The van der Waals surface area contributed by atoms with Crippen LogP contribution in [0.4, 0.5) is 5.69 Å². The molecule has 4 aromatic rings. The third kappa shape index (κ3) is 4.85. The highest BCUT2D eigenvalue weighted by atomic mass is 32.2. The van der Waals surface area contributed by atoms with Gasteiger partial charge in [0.2, 0.25) is 5.91 Å². The van der Waals surface area contributed by atoms with Crippen molar-refractivity contribution < 1.29 is 9.21 Å². The Morgan fingerprint density at radius 3 is 2.65 bits per heavy atom. The number of thioether (sulfide) groups is 1. The molecule has 31 heavy (non-hydrogen) atoms. The van der Waals surface area contributed by atoms with Gasteiger partial charge < -0.3 is 9.73 Å². The Morgan fingerprint density at radius 1 is 1.13 bits per heavy atom. The molecule has 0 fully saturated rings. The van der Waals surface area contributed by atoms with E-state index in [-0.39, 0.29) is 11.7 Å². The number of nitriles is 1. The van der Waals surface area contributed by atoms with Crippen LogP contribution in [0.25, 0.3) is 11.4 Å². The summed E-state index contributed by atoms with van der Waals surface area (Å²) >= 11 is 1.31. The summed E-state index contributed by atoms with van der Waals surface area (Å²) < 4.78 is 7.48. The van der Waals surface area contributed by atoms with Crippen LogP contribution in [0, 0.1) is 18.3 Å².